The van der Waals surface area contributed by atoms with E-state index in [2.05, 4.69) is 41.1 Å². The summed E-state index contributed by atoms with van der Waals surface area (Å²) in [5.41, 5.74) is 10.1. The summed E-state index contributed by atoms with van der Waals surface area (Å²) in [4.78, 5) is 17.5. The van der Waals surface area contributed by atoms with E-state index in [1.807, 2.05) is 30.8 Å². The number of aliphatic hydroxyl groups is 1. The van der Waals surface area contributed by atoms with Crippen LogP contribution in [0.1, 0.15) is 100 Å². The van der Waals surface area contributed by atoms with Crippen LogP contribution < -0.4 is 16.0 Å². The largest absolute Gasteiger partial charge is 0.398 e. The summed E-state index contributed by atoms with van der Waals surface area (Å²) in [6, 6.07) is 13.3. The summed E-state index contributed by atoms with van der Waals surface area (Å²) < 4.78 is 0. The van der Waals surface area contributed by atoms with Gasteiger partial charge in [0.25, 0.3) is 5.91 Å². The van der Waals surface area contributed by atoms with Crippen LogP contribution in [0.3, 0.4) is 0 Å². The summed E-state index contributed by atoms with van der Waals surface area (Å²) in [6.45, 7) is 12.3. The Morgan fingerprint density at radius 2 is 1.44 bits per heavy atom. The van der Waals surface area contributed by atoms with Gasteiger partial charge in [-0.25, -0.2) is 0 Å². The molecule has 1 aliphatic heterocycles. The molecule has 0 bridgehead atoms. The van der Waals surface area contributed by atoms with E-state index in [9.17, 15) is 4.79 Å². The molecule has 5 N–H and O–H groups in total. The third-order valence-electron chi connectivity index (χ3n) is 7.63. The van der Waals surface area contributed by atoms with Crippen molar-refractivity contribution in [2.75, 3.05) is 68.0 Å². The van der Waals surface area contributed by atoms with Crippen molar-refractivity contribution in [3.05, 3.63) is 59.2 Å². The molecule has 1 saturated carbocycles. The van der Waals surface area contributed by atoms with Crippen LogP contribution in [0.25, 0.3) is 0 Å². The van der Waals surface area contributed by atoms with E-state index in [1.54, 1.807) is 18.2 Å². The predicted octanol–water partition coefficient (Wildman–Crippen LogP) is 6.82. The molecule has 0 radical (unpaired) electrons. The SMILES string of the molecule is C1CCCCC1.CCCN(CCC)c1ccc(C(=N)c2cc(C(=O)NCCN3CCSCC3)ccc2N)cc1.CCCO. The Bertz CT molecular complexity index is 1030. The van der Waals surface area contributed by atoms with Crippen molar-refractivity contribution in [1.29, 1.82) is 5.41 Å². The van der Waals surface area contributed by atoms with E-state index in [4.69, 9.17) is 16.2 Å². The fourth-order valence-corrected chi connectivity index (χ4v) is 6.11. The zero-order chi connectivity index (χ0) is 31.3. The van der Waals surface area contributed by atoms with Crippen LogP contribution in [0, 0.1) is 5.41 Å². The van der Waals surface area contributed by atoms with Crippen LogP contribution in [0.2, 0.25) is 0 Å². The van der Waals surface area contributed by atoms with Gasteiger partial charge < -0.3 is 21.1 Å². The number of thioether (sulfide) groups is 1. The van der Waals surface area contributed by atoms with Gasteiger partial charge in [0.2, 0.25) is 0 Å². The minimum Gasteiger partial charge on any atom is -0.398 e. The maximum absolute atomic E-state index is 12.7. The van der Waals surface area contributed by atoms with Gasteiger partial charge in [0.15, 0.2) is 0 Å². The highest BCUT2D eigenvalue weighted by Crippen LogP contribution is 2.22. The molecule has 0 unspecified atom stereocenters. The molecule has 1 amide bonds. The lowest BCUT2D eigenvalue weighted by molar-refractivity contribution is 0.0949. The highest BCUT2D eigenvalue weighted by Gasteiger charge is 2.15. The Balaban J connectivity index is 0.000000548. The van der Waals surface area contributed by atoms with Crippen LogP contribution in [-0.4, -0.2) is 79.0 Å². The molecule has 8 heteroatoms. The number of carbonyl (C=O) groups excluding carboxylic acids is 1. The number of carbonyl (C=O) groups is 1. The molecule has 2 aliphatic rings. The summed E-state index contributed by atoms with van der Waals surface area (Å²) >= 11 is 1.98. The van der Waals surface area contributed by atoms with Crippen molar-refractivity contribution in [2.45, 2.75) is 78.6 Å². The van der Waals surface area contributed by atoms with Crippen LogP contribution in [0.5, 0.6) is 0 Å². The number of aliphatic hydroxyl groups excluding tert-OH is 1. The van der Waals surface area contributed by atoms with Gasteiger partial charge in [0.1, 0.15) is 0 Å². The summed E-state index contributed by atoms with van der Waals surface area (Å²) in [6.07, 6.45) is 12.1. The fraction of sp³-hybridized carbons (Fsp3) is 0.600. The zero-order valence-corrected chi connectivity index (χ0v) is 27.8. The van der Waals surface area contributed by atoms with Gasteiger partial charge in [-0.3, -0.25) is 15.1 Å². The fourth-order valence-electron chi connectivity index (χ4n) is 5.13. The molecule has 0 spiro atoms. The quantitative estimate of drug-likeness (QED) is 0.155. The van der Waals surface area contributed by atoms with Crippen LogP contribution in [0.15, 0.2) is 42.5 Å². The van der Waals surface area contributed by atoms with Gasteiger partial charge in [-0.2, -0.15) is 11.8 Å². The average molecular weight is 612 g/mol. The second-order valence-corrected chi connectivity index (χ2v) is 12.5. The molecule has 240 valence electrons. The standard InChI is InChI=1S/C26H37N5OS.C6H12.C3H8O/c1-3-12-31(13-4-2)22-8-5-20(6-9-22)25(28)23-19-21(7-10-24(23)27)26(32)29-11-14-30-15-17-33-18-16-30;1-2-4-6-5-3-1;1-2-3-4/h5-10,19,28H,3-4,11-18,27H2,1-2H3,(H,29,32);1-6H2;4H,2-3H2,1H3. The molecule has 2 aromatic carbocycles. The Labute approximate surface area is 265 Å². The van der Waals surface area contributed by atoms with Crippen molar-refractivity contribution in [3.8, 4) is 0 Å². The molecule has 1 heterocycles. The van der Waals surface area contributed by atoms with E-state index < -0.39 is 0 Å². The van der Waals surface area contributed by atoms with Crippen LogP contribution >= 0.6 is 11.8 Å². The molecule has 2 aromatic rings. The summed E-state index contributed by atoms with van der Waals surface area (Å²) in [5.74, 6) is 2.20. The number of nitrogens with two attached hydrogens (primary N) is 1. The summed E-state index contributed by atoms with van der Waals surface area (Å²) in [7, 11) is 0. The molecule has 2 fully saturated rings. The minimum atomic E-state index is -0.124. The first-order valence-electron chi connectivity index (χ1n) is 16.5. The zero-order valence-electron chi connectivity index (χ0n) is 27.0. The average Bonchev–Trinajstić information content (AvgIpc) is 3.06. The number of anilines is 2. The third-order valence-corrected chi connectivity index (χ3v) is 8.58. The van der Waals surface area contributed by atoms with E-state index in [0.717, 1.165) is 69.1 Å². The van der Waals surface area contributed by atoms with Crippen molar-refractivity contribution in [1.82, 2.24) is 10.2 Å². The molecule has 0 aromatic heterocycles. The molecule has 1 saturated heterocycles. The minimum absolute atomic E-state index is 0.124. The smallest absolute Gasteiger partial charge is 0.251 e. The lowest BCUT2D eigenvalue weighted by Gasteiger charge is -2.26. The molecule has 0 atom stereocenters. The van der Waals surface area contributed by atoms with Crippen molar-refractivity contribution < 1.29 is 9.90 Å². The molecule has 1 aliphatic carbocycles. The van der Waals surface area contributed by atoms with E-state index in [0.29, 0.717) is 35.7 Å². The van der Waals surface area contributed by atoms with Crippen molar-refractivity contribution in [3.63, 3.8) is 0 Å². The Morgan fingerprint density at radius 1 is 0.907 bits per heavy atom. The molecule has 43 heavy (non-hydrogen) atoms. The van der Waals surface area contributed by atoms with Crippen molar-refractivity contribution in [2.24, 2.45) is 0 Å². The maximum atomic E-state index is 12.7. The Kier molecular flexibility index (Phi) is 18.8. The van der Waals surface area contributed by atoms with Gasteiger partial charge in [0.05, 0.1) is 5.71 Å². The van der Waals surface area contributed by atoms with E-state index in [1.165, 1.54) is 44.2 Å². The van der Waals surface area contributed by atoms with Crippen LogP contribution in [0.4, 0.5) is 11.4 Å². The highest BCUT2D eigenvalue weighted by atomic mass is 32.2. The van der Waals surface area contributed by atoms with E-state index >= 15 is 0 Å². The number of amides is 1. The van der Waals surface area contributed by atoms with E-state index in [-0.39, 0.29) is 5.91 Å². The lowest BCUT2D eigenvalue weighted by atomic mass is 9.98. The van der Waals surface area contributed by atoms with Gasteiger partial charge in [-0.15, -0.1) is 0 Å². The Morgan fingerprint density at radius 3 is 1.95 bits per heavy atom. The molecular formula is C35H57N5O2S. The summed E-state index contributed by atoms with van der Waals surface area (Å²) in [5, 5.41) is 19.6. The lowest BCUT2D eigenvalue weighted by Crippen LogP contribution is -2.39. The predicted molar refractivity (Wildman–Crippen MR) is 187 cm³/mol. The van der Waals surface area contributed by atoms with Gasteiger partial charge in [-0.1, -0.05) is 71.4 Å². The third kappa shape index (κ3) is 13.7. The number of hydrogen-bond donors (Lipinski definition) is 4. The van der Waals surface area contributed by atoms with Crippen LogP contribution in [-0.2, 0) is 0 Å². The van der Waals surface area contributed by atoms with Crippen molar-refractivity contribution >= 4 is 34.8 Å². The first-order chi connectivity index (χ1) is 20.9. The number of nitrogens with one attached hydrogen (secondary N) is 2. The molecular weight excluding hydrogens is 554 g/mol. The molecule has 4 rings (SSSR count). The first-order valence-corrected chi connectivity index (χ1v) is 17.6. The maximum Gasteiger partial charge on any atom is 0.251 e. The Hall–Kier alpha value is -2.55. The monoisotopic (exact) mass is 611 g/mol. The number of nitrogens with zero attached hydrogens (tertiary/aromatic N) is 2. The van der Waals surface area contributed by atoms with Gasteiger partial charge in [0, 0.05) is 85.4 Å². The normalized spacial score (nSPS) is 14.9. The van der Waals surface area contributed by atoms with Gasteiger partial charge >= 0.3 is 0 Å². The number of rotatable bonds is 12. The molecule has 7 nitrogen and oxygen atoms in total. The topological polar surface area (TPSA) is 106 Å². The second kappa shape index (κ2) is 22.0. The van der Waals surface area contributed by atoms with Gasteiger partial charge in [-0.05, 0) is 49.6 Å². The highest BCUT2D eigenvalue weighted by molar-refractivity contribution is 7.99. The first kappa shape index (κ1) is 36.6. The second-order valence-electron chi connectivity index (χ2n) is 11.3. The number of benzene rings is 2. The number of nitrogen functional groups attached to an aromatic ring is 1. The number of hydrogen-bond acceptors (Lipinski definition) is 7.